The minimum atomic E-state index is -0.378. The molecular weight excluding hydrogens is 338 g/mol. The van der Waals surface area contributed by atoms with Gasteiger partial charge in [0.1, 0.15) is 6.04 Å². The van der Waals surface area contributed by atoms with E-state index in [2.05, 4.69) is 10.6 Å². The number of hydrogen-bond acceptors (Lipinski definition) is 3. The van der Waals surface area contributed by atoms with Crippen LogP contribution in [0.3, 0.4) is 0 Å². The van der Waals surface area contributed by atoms with E-state index in [9.17, 15) is 9.59 Å². The molecule has 3 atom stereocenters. The number of carbonyl (C=O) groups excluding carboxylic acids is 2. The average molecular weight is 364 g/mol. The number of likely N-dealkylation sites (tertiary alicyclic amines) is 1. The summed E-state index contributed by atoms with van der Waals surface area (Å²) in [5, 5.41) is 6.52. The highest BCUT2D eigenvalue weighted by Crippen LogP contribution is 2.40. The number of fused-ring (bicyclic) bond motifs is 1. The van der Waals surface area contributed by atoms with E-state index in [-0.39, 0.29) is 23.9 Å². The molecule has 0 aromatic heterocycles. The number of halogens is 1. The maximum atomic E-state index is 13.2. The van der Waals surface area contributed by atoms with Crippen LogP contribution >= 0.6 is 11.6 Å². The van der Waals surface area contributed by atoms with Gasteiger partial charge in [0.25, 0.3) is 5.91 Å². The Kier molecular flexibility index (Phi) is 5.97. The maximum absolute atomic E-state index is 13.2. The zero-order chi connectivity index (χ0) is 17.8. The molecule has 2 aliphatic rings. The number of likely N-dealkylation sites (N-methyl/N-ethyl adjacent to an activating group) is 1. The van der Waals surface area contributed by atoms with Crippen molar-refractivity contribution < 1.29 is 9.59 Å². The molecule has 0 spiro atoms. The minimum absolute atomic E-state index is 0.0416. The van der Waals surface area contributed by atoms with Crippen LogP contribution in [0.4, 0.5) is 0 Å². The quantitative estimate of drug-likeness (QED) is 0.790. The summed E-state index contributed by atoms with van der Waals surface area (Å²) in [6.07, 6.45) is 5.16. The second-order valence-electron chi connectivity index (χ2n) is 6.98. The first-order chi connectivity index (χ1) is 12.1. The Labute approximate surface area is 154 Å². The number of amides is 2. The predicted molar refractivity (Wildman–Crippen MR) is 98.7 cm³/mol. The standard InChI is InChI=1S/C19H26ClN3O2/c1-21-9-10-22-18(24)17-12-13-5-2-3-8-16(13)23(17)19(25)14-6-4-7-15(20)11-14/h4,6-7,11,13,16-17,21H,2-3,5,8-10,12H2,1H3,(H,22,24). The molecule has 1 heterocycles. The lowest BCUT2D eigenvalue weighted by molar-refractivity contribution is -0.125. The molecule has 2 amide bonds. The van der Waals surface area contributed by atoms with Crippen molar-refractivity contribution in [1.29, 1.82) is 0 Å². The van der Waals surface area contributed by atoms with Gasteiger partial charge in [-0.05, 0) is 50.4 Å². The normalized spacial score (nSPS) is 25.5. The summed E-state index contributed by atoms with van der Waals surface area (Å²) in [5.41, 5.74) is 0.562. The first-order valence-electron chi connectivity index (χ1n) is 9.12. The molecule has 1 saturated heterocycles. The summed E-state index contributed by atoms with van der Waals surface area (Å²) in [5.74, 6) is 0.308. The summed E-state index contributed by atoms with van der Waals surface area (Å²) < 4.78 is 0. The van der Waals surface area contributed by atoms with E-state index in [1.54, 1.807) is 24.3 Å². The fourth-order valence-corrected chi connectivity index (χ4v) is 4.38. The van der Waals surface area contributed by atoms with Crippen LogP contribution in [0.15, 0.2) is 24.3 Å². The molecule has 1 aliphatic heterocycles. The monoisotopic (exact) mass is 363 g/mol. The predicted octanol–water partition coefficient (Wildman–Crippen LogP) is 2.45. The Hall–Kier alpha value is -1.59. The molecule has 1 aliphatic carbocycles. The lowest BCUT2D eigenvalue weighted by Gasteiger charge is -2.33. The van der Waals surface area contributed by atoms with Gasteiger partial charge in [-0.3, -0.25) is 9.59 Å². The third-order valence-corrected chi connectivity index (χ3v) is 5.61. The van der Waals surface area contributed by atoms with E-state index in [0.717, 1.165) is 25.7 Å². The van der Waals surface area contributed by atoms with Crippen LogP contribution in [0.1, 0.15) is 42.5 Å². The summed E-state index contributed by atoms with van der Waals surface area (Å²) in [6, 6.07) is 6.80. The number of hydrogen-bond donors (Lipinski definition) is 2. The van der Waals surface area contributed by atoms with Crippen LogP contribution in [0.2, 0.25) is 5.02 Å². The molecule has 136 valence electrons. The molecule has 1 saturated carbocycles. The fourth-order valence-electron chi connectivity index (χ4n) is 4.19. The maximum Gasteiger partial charge on any atom is 0.254 e. The molecule has 1 aromatic carbocycles. The van der Waals surface area contributed by atoms with Gasteiger partial charge in [-0.1, -0.05) is 30.5 Å². The molecule has 3 rings (SSSR count). The Morgan fingerprint density at radius 3 is 2.80 bits per heavy atom. The lowest BCUT2D eigenvalue weighted by Crippen LogP contribution is -2.50. The summed E-state index contributed by atoms with van der Waals surface area (Å²) in [7, 11) is 1.85. The van der Waals surface area contributed by atoms with Crippen LogP contribution in [0.25, 0.3) is 0 Å². The van der Waals surface area contributed by atoms with Gasteiger partial charge in [0.15, 0.2) is 0 Å². The Bertz CT molecular complexity index is 637. The SMILES string of the molecule is CNCCNC(=O)C1CC2CCCCC2N1C(=O)c1cccc(Cl)c1. The first-order valence-corrected chi connectivity index (χ1v) is 9.50. The van der Waals surface area contributed by atoms with Gasteiger partial charge in [0.05, 0.1) is 0 Å². The zero-order valence-electron chi connectivity index (χ0n) is 14.6. The van der Waals surface area contributed by atoms with Crippen molar-refractivity contribution in [3.8, 4) is 0 Å². The largest absolute Gasteiger partial charge is 0.353 e. The van der Waals surface area contributed by atoms with Gasteiger partial charge in [-0.15, -0.1) is 0 Å². The molecule has 6 heteroatoms. The van der Waals surface area contributed by atoms with E-state index in [4.69, 9.17) is 11.6 Å². The third-order valence-electron chi connectivity index (χ3n) is 5.37. The van der Waals surface area contributed by atoms with Crippen LogP contribution < -0.4 is 10.6 Å². The Balaban J connectivity index is 1.82. The van der Waals surface area contributed by atoms with Crippen molar-refractivity contribution in [2.45, 2.75) is 44.2 Å². The van der Waals surface area contributed by atoms with Crippen molar-refractivity contribution in [2.75, 3.05) is 20.1 Å². The topological polar surface area (TPSA) is 61.4 Å². The molecule has 3 unspecified atom stereocenters. The van der Waals surface area contributed by atoms with Crippen LogP contribution in [0, 0.1) is 5.92 Å². The first kappa shape index (κ1) is 18.2. The number of nitrogens with zero attached hydrogens (tertiary/aromatic N) is 1. The molecular formula is C19H26ClN3O2. The van der Waals surface area contributed by atoms with Crippen LogP contribution in [-0.4, -0.2) is 48.9 Å². The third kappa shape index (κ3) is 3.98. The lowest BCUT2D eigenvalue weighted by atomic mass is 9.84. The van der Waals surface area contributed by atoms with Gasteiger partial charge in [0.2, 0.25) is 5.91 Å². The van der Waals surface area contributed by atoms with E-state index >= 15 is 0 Å². The Morgan fingerprint density at radius 2 is 2.04 bits per heavy atom. The molecule has 1 aromatic rings. The van der Waals surface area contributed by atoms with Crippen molar-refractivity contribution in [3.63, 3.8) is 0 Å². The smallest absolute Gasteiger partial charge is 0.254 e. The highest BCUT2D eigenvalue weighted by molar-refractivity contribution is 6.31. The van der Waals surface area contributed by atoms with Crippen LogP contribution in [0.5, 0.6) is 0 Å². The van der Waals surface area contributed by atoms with Gasteiger partial charge >= 0.3 is 0 Å². The van der Waals surface area contributed by atoms with Crippen molar-refractivity contribution >= 4 is 23.4 Å². The molecule has 5 nitrogen and oxygen atoms in total. The number of rotatable bonds is 5. The van der Waals surface area contributed by atoms with Crippen molar-refractivity contribution in [3.05, 3.63) is 34.9 Å². The van der Waals surface area contributed by atoms with Gasteiger partial charge in [0, 0.05) is 29.7 Å². The minimum Gasteiger partial charge on any atom is -0.353 e. The van der Waals surface area contributed by atoms with Crippen molar-refractivity contribution in [2.24, 2.45) is 5.92 Å². The molecule has 25 heavy (non-hydrogen) atoms. The zero-order valence-corrected chi connectivity index (χ0v) is 15.4. The van der Waals surface area contributed by atoms with Crippen molar-refractivity contribution in [1.82, 2.24) is 15.5 Å². The number of nitrogens with one attached hydrogen (secondary N) is 2. The van der Waals surface area contributed by atoms with Gasteiger partial charge in [-0.25, -0.2) is 0 Å². The Morgan fingerprint density at radius 1 is 1.24 bits per heavy atom. The number of benzene rings is 1. The number of carbonyl (C=O) groups is 2. The van der Waals surface area contributed by atoms with E-state index < -0.39 is 0 Å². The van der Waals surface area contributed by atoms with Gasteiger partial charge in [-0.2, -0.15) is 0 Å². The second kappa shape index (κ2) is 8.19. The van der Waals surface area contributed by atoms with Gasteiger partial charge < -0.3 is 15.5 Å². The van der Waals surface area contributed by atoms with E-state index in [0.29, 0.717) is 29.6 Å². The summed E-state index contributed by atoms with van der Waals surface area (Å²) >= 11 is 6.06. The highest BCUT2D eigenvalue weighted by Gasteiger charge is 2.47. The van der Waals surface area contributed by atoms with E-state index in [1.165, 1.54) is 6.42 Å². The highest BCUT2D eigenvalue weighted by atomic mass is 35.5. The molecule has 2 N–H and O–H groups in total. The molecule has 2 fully saturated rings. The second-order valence-corrected chi connectivity index (χ2v) is 7.42. The summed E-state index contributed by atoms with van der Waals surface area (Å²) in [4.78, 5) is 27.7. The molecule has 0 radical (unpaired) electrons. The fraction of sp³-hybridized carbons (Fsp3) is 0.579. The van der Waals surface area contributed by atoms with Crippen LogP contribution in [-0.2, 0) is 4.79 Å². The summed E-state index contributed by atoms with van der Waals surface area (Å²) in [6.45, 7) is 1.29. The average Bonchev–Trinajstić information content (AvgIpc) is 3.01. The van der Waals surface area contributed by atoms with E-state index in [1.807, 2.05) is 11.9 Å². The molecule has 0 bridgehead atoms.